The number of ether oxygens (including phenoxy) is 2. The van der Waals surface area contributed by atoms with Crippen molar-refractivity contribution in [2.75, 3.05) is 7.11 Å². The summed E-state index contributed by atoms with van der Waals surface area (Å²) in [6.07, 6.45) is 0. The van der Waals surface area contributed by atoms with Crippen LogP contribution in [0.1, 0.15) is 15.9 Å². The van der Waals surface area contributed by atoms with E-state index in [0.717, 1.165) is 6.07 Å². The molecule has 2 aromatic rings. The predicted molar refractivity (Wildman–Crippen MR) is 76.2 cm³/mol. The highest BCUT2D eigenvalue weighted by Crippen LogP contribution is 2.20. The van der Waals surface area contributed by atoms with Crippen LogP contribution in [-0.2, 0) is 11.3 Å². The van der Waals surface area contributed by atoms with Gasteiger partial charge in [0.2, 0.25) is 0 Å². The molecule has 0 atom stereocenters. The number of benzene rings is 2. The second kappa shape index (κ2) is 6.67. The fourth-order valence-electron chi connectivity index (χ4n) is 1.68. The lowest BCUT2D eigenvalue weighted by atomic mass is 10.2. The highest BCUT2D eigenvalue weighted by atomic mass is 79.9. The van der Waals surface area contributed by atoms with Crippen molar-refractivity contribution in [3.8, 4) is 5.75 Å². The second-order valence-corrected chi connectivity index (χ2v) is 5.08. The zero-order chi connectivity index (χ0) is 15.4. The minimum atomic E-state index is -0.815. The van der Waals surface area contributed by atoms with Crippen molar-refractivity contribution in [2.24, 2.45) is 0 Å². The molecule has 0 aromatic heterocycles. The summed E-state index contributed by atoms with van der Waals surface area (Å²) in [6.45, 7) is -0.161. The van der Waals surface area contributed by atoms with Crippen LogP contribution in [0.3, 0.4) is 0 Å². The maximum atomic E-state index is 13.5. The third kappa shape index (κ3) is 3.78. The van der Waals surface area contributed by atoms with Crippen LogP contribution in [0.5, 0.6) is 5.75 Å². The van der Waals surface area contributed by atoms with Crippen LogP contribution in [0.4, 0.5) is 8.78 Å². The molecular formula is C15H11BrF2O3. The molecule has 0 fully saturated rings. The first-order valence-corrected chi connectivity index (χ1v) is 6.75. The average Bonchev–Trinajstić information content (AvgIpc) is 2.47. The number of carbonyl (C=O) groups excluding carboxylic acids is 1. The zero-order valence-corrected chi connectivity index (χ0v) is 12.6. The summed E-state index contributed by atoms with van der Waals surface area (Å²) in [5, 5.41) is 0. The minimum Gasteiger partial charge on any atom is -0.494 e. The minimum absolute atomic E-state index is 0.100. The Bertz CT molecular complexity index is 674. The average molecular weight is 357 g/mol. The topological polar surface area (TPSA) is 35.5 Å². The normalized spacial score (nSPS) is 10.3. The molecule has 3 nitrogen and oxygen atoms in total. The molecular weight excluding hydrogens is 346 g/mol. The van der Waals surface area contributed by atoms with Crippen molar-refractivity contribution in [1.29, 1.82) is 0 Å². The molecule has 0 unspecified atom stereocenters. The van der Waals surface area contributed by atoms with Crippen molar-refractivity contribution < 1.29 is 23.0 Å². The van der Waals surface area contributed by atoms with Gasteiger partial charge in [-0.15, -0.1) is 0 Å². The van der Waals surface area contributed by atoms with Crippen molar-refractivity contribution in [1.82, 2.24) is 0 Å². The summed E-state index contributed by atoms with van der Waals surface area (Å²) >= 11 is 3.15. The molecule has 0 aliphatic rings. The van der Waals surface area contributed by atoms with E-state index in [1.54, 1.807) is 6.07 Å². The van der Waals surface area contributed by atoms with Crippen LogP contribution in [0, 0.1) is 11.6 Å². The van der Waals surface area contributed by atoms with Gasteiger partial charge in [-0.05, 0) is 35.9 Å². The SMILES string of the molecule is COc1ccc(COC(=O)c2cc(Br)ccc2F)cc1F. The van der Waals surface area contributed by atoms with Gasteiger partial charge in [-0.1, -0.05) is 22.0 Å². The number of esters is 1. The highest BCUT2D eigenvalue weighted by Gasteiger charge is 2.14. The molecule has 0 saturated heterocycles. The van der Waals surface area contributed by atoms with Crippen molar-refractivity contribution in [3.63, 3.8) is 0 Å². The molecule has 6 heteroatoms. The third-order valence-electron chi connectivity index (χ3n) is 2.73. The van der Waals surface area contributed by atoms with E-state index >= 15 is 0 Å². The van der Waals surface area contributed by atoms with Gasteiger partial charge in [0, 0.05) is 4.47 Å². The number of methoxy groups -OCH3 is 1. The Morgan fingerprint density at radius 3 is 2.57 bits per heavy atom. The van der Waals surface area contributed by atoms with Gasteiger partial charge in [0.1, 0.15) is 12.4 Å². The molecule has 0 saturated carbocycles. The fraction of sp³-hybridized carbons (Fsp3) is 0.133. The van der Waals surface area contributed by atoms with Gasteiger partial charge in [0.25, 0.3) is 0 Å². The summed E-state index contributed by atoms with van der Waals surface area (Å²) in [5.74, 6) is -1.95. The molecule has 0 bridgehead atoms. The molecule has 2 rings (SSSR count). The van der Waals surface area contributed by atoms with E-state index in [1.807, 2.05) is 0 Å². The first kappa shape index (κ1) is 15.4. The number of hydrogen-bond acceptors (Lipinski definition) is 3. The lowest BCUT2D eigenvalue weighted by molar-refractivity contribution is 0.0467. The van der Waals surface area contributed by atoms with Gasteiger partial charge in [-0.3, -0.25) is 0 Å². The number of hydrogen-bond donors (Lipinski definition) is 0. The largest absolute Gasteiger partial charge is 0.494 e. The smallest absolute Gasteiger partial charge is 0.341 e. The summed E-state index contributed by atoms with van der Waals surface area (Å²) < 4.78 is 37.3. The number of halogens is 3. The molecule has 0 radical (unpaired) electrons. The summed E-state index contributed by atoms with van der Waals surface area (Å²) in [4.78, 5) is 11.8. The Hall–Kier alpha value is -1.95. The van der Waals surface area contributed by atoms with E-state index < -0.39 is 17.6 Å². The van der Waals surface area contributed by atoms with Gasteiger partial charge in [0.05, 0.1) is 12.7 Å². The Morgan fingerprint density at radius 1 is 1.14 bits per heavy atom. The van der Waals surface area contributed by atoms with E-state index in [9.17, 15) is 13.6 Å². The van der Waals surface area contributed by atoms with Gasteiger partial charge in [-0.2, -0.15) is 0 Å². The summed E-state index contributed by atoms with van der Waals surface area (Å²) in [5.41, 5.74) is 0.260. The van der Waals surface area contributed by atoms with Crippen LogP contribution in [-0.4, -0.2) is 13.1 Å². The third-order valence-corrected chi connectivity index (χ3v) is 3.23. The number of rotatable bonds is 4. The second-order valence-electron chi connectivity index (χ2n) is 4.17. The van der Waals surface area contributed by atoms with Crippen LogP contribution in [0.25, 0.3) is 0 Å². The molecule has 0 aliphatic heterocycles. The number of carbonyl (C=O) groups is 1. The first-order valence-electron chi connectivity index (χ1n) is 5.96. The fourth-order valence-corrected chi connectivity index (χ4v) is 2.04. The molecule has 21 heavy (non-hydrogen) atoms. The lowest BCUT2D eigenvalue weighted by Gasteiger charge is -2.08. The molecule has 0 aliphatic carbocycles. The van der Waals surface area contributed by atoms with Gasteiger partial charge in [-0.25, -0.2) is 13.6 Å². The Labute approximate surface area is 128 Å². The van der Waals surface area contributed by atoms with E-state index in [4.69, 9.17) is 9.47 Å². The van der Waals surface area contributed by atoms with Crippen molar-refractivity contribution in [2.45, 2.75) is 6.61 Å². The van der Waals surface area contributed by atoms with Crippen molar-refractivity contribution >= 4 is 21.9 Å². The van der Waals surface area contributed by atoms with Crippen LogP contribution in [0.2, 0.25) is 0 Å². The maximum absolute atomic E-state index is 13.5. The summed E-state index contributed by atoms with van der Waals surface area (Å²) in [7, 11) is 1.36. The molecule has 0 heterocycles. The predicted octanol–water partition coefficient (Wildman–Crippen LogP) is 4.09. The van der Waals surface area contributed by atoms with Gasteiger partial charge in [0.15, 0.2) is 11.6 Å². The van der Waals surface area contributed by atoms with Crippen LogP contribution >= 0.6 is 15.9 Å². The molecule has 2 aromatic carbocycles. The summed E-state index contributed by atoms with van der Waals surface area (Å²) in [6, 6.07) is 8.15. The molecule has 0 spiro atoms. The van der Waals surface area contributed by atoms with Gasteiger partial charge >= 0.3 is 5.97 Å². The molecule has 110 valence electrons. The Morgan fingerprint density at radius 2 is 1.90 bits per heavy atom. The van der Waals surface area contributed by atoms with E-state index in [-0.39, 0.29) is 17.9 Å². The highest BCUT2D eigenvalue weighted by molar-refractivity contribution is 9.10. The standard InChI is InChI=1S/C15H11BrF2O3/c1-20-14-5-2-9(6-13(14)18)8-21-15(19)11-7-10(16)3-4-12(11)17/h2-7H,8H2,1H3. The quantitative estimate of drug-likeness (QED) is 0.774. The maximum Gasteiger partial charge on any atom is 0.341 e. The van der Waals surface area contributed by atoms with E-state index in [2.05, 4.69) is 15.9 Å². The van der Waals surface area contributed by atoms with Gasteiger partial charge < -0.3 is 9.47 Å². The van der Waals surface area contributed by atoms with Crippen LogP contribution < -0.4 is 4.74 Å². The monoisotopic (exact) mass is 356 g/mol. The van der Waals surface area contributed by atoms with E-state index in [1.165, 1.54) is 31.4 Å². The van der Waals surface area contributed by atoms with Crippen LogP contribution in [0.15, 0.2) is 40.9 Å². The molecule has 0 amide bonds. The molecule has 0 N–H and O–H groups in total. The Balaban J connectivity index is 2.07. The zero-order valence-electron chi connectivity index (χ0n) is 11.0. The van der Waals surface area contributed by atoms with Crippen molar-refractivity contribution in [3.05, 3.63) is 63.6 Å². The Kier molecular flexibility index (Phi) is 4.90. The lowest BCUT2D eigenvalue weighted by Crippen LogP contribution is -2.08. The first-order chi connectivity index (χ1) is 10.0. The van der Waals surface area contributed by atoms with E-state index in [0.29, 0.717) is 10.0 Å².